The fraction of sp³-hybridized carbons (Fsp3) is 0.250. The van der Waals surface area contributed by atoms with Gasteiger partial charge in [0.05, 0.1) is 0 Å². The van der Waals surface area contributed by atoms with Crippen LogP contribution in [-0.4, -0.2) is 30.8 Å². The van der Waals surface area contributed by atoms with Crippen LogP contribution >= 0.6 is 0 Å². The molecule has 7 heteroatoms. The summed E-state index contributed by atoms with van der Waals surface area (Å²) in [5.74, 6) is -1.22. The van der Waals surface area contributed by atoms with E-state index in [2.05, 4.69) is 16.0 Å². The van der Waals surface area contributed by atoms with E-state index in [1.165, 1.54) is 13.0 Å². The van der Waals surface area contributed by atoms with E-state index in [1.807, 2.05) is 0 Å². The minimum absolute atomic E-state index is 0.118. The first-order valence-electron chi connectivity index (χ1n) is 8.52. The Hall–Kier alpha value is -3.22. The van der Waals surface area contributed by atoms with E-state index in [9.17, 15) is 18.8 Å². The van der Waals surface area contributed by atoms with Gasteiger partial charge in [-0.1, -0.05) is 18.2 Å². The molecule has 0 saturated carbocycles. The number of benzene rings is 2. The van der Waals surface area contributed by atoms with Crippen molar-refractivity contribution >= 4 is 17.7 Å². The number of halogens is 1. The number of aryl methyl sites for hydroxylation is 1. The van der Waals surface area contributed by atoms with Crippen LogP contribution in [0.4, 0.5) is 4.39 Å². The van der Waals surface area contributed by atoms with Gasteiger partial charge in [-0.25, -0.2) is 4.39 Å². The maximum absolute atomic E-state index is 13.5. The lowest BCUT2D eigenvalue weighted by molar-refractivity contribution is -0.119. The van der Waals surface area contributed by atoms with Crippen molar-refractivity contribution in [2.75, 3.05) is 13.1 Å². The summed E-state index contributed by atoms with van der Waals surface area (Å²) in [5.41, 5.74) is 2.08. The van der Waals surface area contributed by atoms with Crippen molar-refractivity contribution in [2.45, 2.75) is 20.4 Å². The van der Waals surface area contributed by atoms with Gasteiger partial charge in [0, 0.05) is 37.7 Å². The fourth-order valence-corrected chi connectivity index (χ4v) is 2.29. The molecule has 0 radical (unpaired) electrons. The van der Waals surface area contributed by atoms with Crippen molar-refractivity contribution in [1.29, 1.82) is 0 Å². The lowest BCUT2D eigenvalue weighted by atomic mass is 10.1. The first-order chi connectivity index (χ1) is 12.9. The second kappa shape index (κ2) is 9.47. The number of carbonyl (C=O) groups excluding carboxylic acids is 3. The predicted octanol–water partition coefficient (Wildman–Crippen LogP) is 1.93. The van der Waals surface area contributed by atoms with Crippen LogP contribution in [0.5, 0.6) is 0 Å². The van der Waals surface area contributed by atoms with Crippen molar-refractivity contribution in [3.8, 4) is 0 Å². The summed E-state index contributed by atoms with van der Waals surface area (Å²) in [5, 5.41) is 8.01. The molecule has 0 aliphatic heterocycles. The maximum Gasteiger partial charge on any atom is 0.251 e. The molecule has 0 heterocycles. The molecule has 3 amide bonds. The highest BCUT2D eigenvalue weighted by Gasteiger charge is 2.09. The summed E-state index contributed by atoms with van der Waals surface area (Å²) in [4.78, 5) is 34.9. The summed E-state index contributed by atoms with van der Waals surface area (Å²) in [7, 11) is 0. The molecular weight excluding hydrogens is 349 g/mol. The van der Waals surface area contributed by atoms with Gasteiger partial charge in [-0.05, 0) is 42.3 Å². The molecule has 0 fully saturated rings. The molecule has 0 spiro atoms. The maximum atomic E-state index is 13.5. The smallest absolute Gasteiger partial charge is 0.251 e. The van der Waals surface area contributed by atoms with E-state index in [0.717, 1.165) is 5.56 Å². The van der Waals surface area contributed by atoms with Gasteiger partial charge in [-0.3, -0.25) is 14.4 Å². The summed E-state index contributed by atoms with van der Waals surface area (Å²) < 4.78 is 13.5. The molecule has 0 aromatic heterocycles. The summed E-state index contributed by atoms with van der Waals surface area (Å²) in [6, 6.07) is 11.1. The van der Waals surface area contributed by atoms with Crippen LogP contribution in [0.15, 0.2) is 42.5 Å². The Labute approximate surface area is 157 Å². The van der Waals surface area contributed by atoms with Crippen LogP contribution in [-0.2, 0) is 11.3 Å². The van der Waals surface area contributed by atoms with E-state index in [1.54, 1.807) is 43.3 Å². The first-order valence-corrected chi connectivity index (χ1v) is 8.52. The lowest BCUT2D eigenvalue weighted by Crippen LogP contribution is -2.34. The van der Waals surface area contributed by atoms with E-state index in [4.69, 9.17) is 0 Å². The number of nitrogens with one attached hydrogen (secondary N) is 3. The second-order valence-electron chi connectivity index (χ2n) is 6.08. The molecule has 0 aliphatic rings. The highest BCUT2D eigenvalue weighted by Crippen LogP contribution is 2.09. The molecule has 27 heavy (non-hydrogen) atoms. The van der Waals surface area contributed by atoms with Crippen LogP contribution in [0, 0.1) is 12.7 Å². The van der Waals surface area contributed by atoms with Crippen molar-refractivity contribution in [1.82, 2.24) is 16.0 Å². The molecule has 2 aromatic rings. The molecular formula is C20H22FN3O3. The minimum Gasteiger partial charge on any atom is -0.352 e. The Balaban J connectivity index is 1.76. The van der Waals surface area contributed by atoms with Crippen LogP contribution in [0.1, 0.15) is 38.8 Å². The third-order valence-corrected chi connectivity index (χ3v) is 3.89. The van der Waals surface area contributed by atoms with Gasteiger partial charge in [0.2, 0.25) is 5.91 Å². The zero-order valence-corrected chi connectivity index (χ0v) is 15.3. The highest BCUT2D eigenvalue weighted by molar-refractivity contribution is 5.95. The third-order valence-electron chi connectivity index (χ3n) is 3.89. The number of hydrogen-bond acceptors (Lipinski definition) is 3. The normalized spacial score (nSPS) is 10.2. The summed E-state index contributed by atoms with van der Waals surface area (Å²) >= 11 is 0. The van der Waals surface area contributed by atoms with E-state index in [-0.39, 0.29) is 30.5 Å². The Morgan fingerprint density at radius 1 is 0.852 bits per heavy atom. The van der Waals surface area contributed by atoms with Gasteiger partial charge >= 0.3 is 0 Å². The summed E-state index contributed by atoms with van der Waals surface area (Å²) in [6.45, 7) is 3.94. The molecule has 0 saturated heterocycles. The van der Waals surface area contributed by atoms with Gasteiger partial charge in [0.15, 0.2) is 0 Å². The molecule has 0 atom stereocenters. The molecule has 0 unspecified atom stereocenters. The van der Waals surface area contributed by atoms with Gasteiger partial charge in [-0.2, -0.15) is 0 Å². The van der Waals surface area contributed by atoms with Crippen LogP contribution in [0.2, 0.25) is 0 Å². The topological polar surface area (TPSA) is 87.3 Å². The Kier molecular flexibility index (Phi) is 7.05. The van der Waals surface area contributed by atoms with Crippen molar-refractivity contribution in [2.24, 2.45) is 0 Å². The lowest BCUT2D eigenvalue weighted by Gasteiger charge is -2.08. The Morgan fingerprint density at radius 2 is 1.41 bits per heavy atom. The quantitative estimate of drug-likeness (QED) is 0.650. The predicted molar refractivity (Wildman–Crippen MR) is 99.8 cm³/mol. The van der Waals surface area contributed by atoms with Gasteiger partial charge < -0.3 is 16.0 Å². The average Bonchev–Trinajstić information content (AvgIpc) is 2.65. The molecule has 2 rings (SSSR count). The standard InChI is InChI=1S/C20H22FN3O3/c1-13-3-6-17(11-18(13)21)20(27)23-10-9-22-19(26)16-7-4-15(5-8-16)12-24-14(2)25/h3-8,11H,9-10,12H2,1-2H3,(H,22,26)(H,23,27)(H,24,25). The summed E-state index contributed by atoms with van der Waals surface area (Å²) in [6.07, 6.45) is 0. The molecule has 0 bridgehead atoms. The van der Waals surface area contributed by atoms with Crippen LogP contribution < -0.4 is 16.0 Å². The fourth-order valence-electron chi connectivity index (χ4n) is 2.29. The zero-order chi connectivity index (χ0) is 19.8. The molecule has 6 nitrogen and oxygen atoms in total. The largest absolute Gasteiger partial charge is 0.352 e. The number of rotatable bonds is 7. The van der Waals surface area contributed by atoms with E-state index >= 15 is 0 Å². The second-order valence-corrected chi connectivity index (χ2v) is 6.08. The zero-order valence-electron chi connectivity index (χ0n) is 15.3. The molecule has 3 N–H and O–H groups in total. The Morgan fingerprint density at radius 3 is 1.96 bits per heavy atom. The minimum atomic E-state index is -0.432. The number of amides is 3. The van der Waals surface area contributed by atoms with Gasteiger partial charge in [0.1, 0.15) is 5.82 Å². The van der Waals surface area contributed by atoms with Gasteiger partial charge in [0.25, 0.3) is 11.8 Å². The van der Waals surface area contributed by atoms with Crippen molar-refractivity contribution in [3.05, 3.63) is 70.5 Å². The Bertz CT molecular complexity index is 835. The SMILES string of the molecule is CC(=O)NCc1ccc(C(=O)NCCNC(=O)c2ccc(C)c(F)c2)cc1. The number of hydrogen-bond donors (Lipinski definition) is 3. The van der Waals surface area contributed by atoms with E-state index < -0.39 is 11.7 Å². The third kappa shape index (κ3) is 6.22. The van der Waals surface area contributed by atoms with Crippen LogP contribution in [0.25, 0.3) is 0 Å². The molecule has 142 valence electrons. The van der Waals surface area contributed by atoms with Crippen LogP contribution in [0.3, 0.4) is 0 Å². The first kappa shape index (κ1) is 20.1. The monoisotopic (exact) mass is 371 g/mol. The number of carbonyl (C=O) groups is 3. The van der Waals surface area contributed by atoms with Crippen molar-refractivity contribution in [3.63, 3.8) is 0 Å². The highest BCUT2D eigenvalue weighted by atomic mass is 19.1. The van der Waals surface area contributed by atoms with E-state index in [0.29, 0.717) is 17.7 Å². The van der Waals surface area contributed by atoms with Gasteiger partial charge in [-0.15, -0.1) is 0 Å². The molecule has 0 aliphatic carbocycles. The molecule has 2 aromatic carbocycles. The van der Waals surface area contributed by atoms with Crippen molar-refractivity contribution < 1.29 is 18.8 Å². The average molecular weight is 371 g/mol.